The number of nitrogens with one attached hydrogen (secondary N) is 1. The number of H-pyrrole nitrogens is 1. The van der Waals surface area contributed by atoms with Gasteiger partial charge in [0, 0.05) is 10.1 Å². The van der Waals surface area contributed by atoms with E-state index in [1.165, 1.54) is 10.8 Å². The number of thioether (sulfide) groups is 1. The predicted molar refractivity (Wildman–Crippen MR) is 104 cm³/mol. The number of carbonyl (C=O) groups excluding carboxylic acids is 1. The molecule has 0 bridgehead atoms. The molecule has 0 saturated heterocycles. The third kappa shape index (κ3) is 3.42. The first kappa shape index (κ1) is 16.6. The van der Waals surface area contributed by atoms with Crippen molar-refractivity contribution in [1.29, 1.82) is 0 Å². The number of carbonyl (C=O) groups is 1. The van der Waals surface area contributed by atoms with Crippen LogP contribution in [0.2, 0.25) is 0 Å². The quantitative estimate of drug-likeness (QED) is 0.399. The minimum absolute atomic E-state index is 0.0507. The summed E-state index contributed by atoms with van der Waals surface area (Å²) in [6, 6.07) is 18.7. The molecule has 4 rings (SSSR count). The predicted octanol–water partition coefficient (Wildman–Crippen LogP) is 4.74. The van der Waals surface area contributed by atoms with Crippen molar-refractivity contribution in [3.05, 3.63) is 59.5 Å². The van der Waals surface area contributed by atoms with E-state index < -0.39 is 5.91 Å². The Morgan fingerprint density at radius 1 is 1.04 bits per heavy atom. The van der Waals surface area contributed by atoms with E-state index in [1.807, 2.05) is 18.2 Å². The molecule has 2 aromatic carbocycles. The van der Waals surface area contributed by atoms with Crippen LogP contribution in [0.15, 0.2) is 64.9 Å². The highest BCUT2D eigenvalue weighted by molar-refractivity contribution is 7.99. The number of hydrogen-bond acceptors (Lipinski definition) is 6. The Kier molecular flexibility index (Phi) is 4.59. The number of fused-ring (bicyclic) bond motifs is 1. The molecule has 4 aromatic rings. The van der Waals surface area contributed by atoms with E-state index in [1.54, 1.807) is 11.3 Å². The first-order chi connectivity index (χ1) is 12.7. The number of thiophene rings is 1. The van der Waals surface area contributed by atoms with Gasteiger partial charge >= 0.3 is 0 Å². The molecule has 0 aliphatic carbocycles. The molecule has 0 unspecified atom stereocenters. The van der Waals surface area contributed by atoms with Crippen molar-refractivity contribution in [2.45, 2.75) is 5.16 Å². The van der Waals surface area contributed by atoms with Crippen molar-refractivity contribution in [2.24, 2.45) is 5.18 Å². The summed E-state index contributed by atoms with van der Waals surface area (Å²) in [4.78, 5) is 26.2. The van der Waals surface area contributed by atoms with Crippen LogP contribution in [0.3, 0.4) is 0 Å². The van der Waals surface area contributed by atoms with E-state index in [-0.39, 0.29) is 5.75 Å². The van der Waals surface area contributed by atoms with E-state index in [2.05, 4.69) is 56.8 Å². The van der Waals surface area contributed by atoms with Gasteiger partial charge in [-0.3, -0.25) is 4.79 Å². The Labute approximate surface area is 156 Å². The summed E-state index contributed by atoms with van der Waals surface area (Å²) in [5.74, 6) is -0.135. The summed E-state index contributed by atoms with van der Waals surface area (Å²) in [6.07, 6.45) is 0. The summed E-state index contributed by atoms with van der Waals surface area (Å²) in [7, 11) is 0. The largest absolute Gasteiger partial charge is 0.315 e. The summed E-state index contributed by atoms with van der Waals surface area (Å²) in [6.45, 7) is 0. The second-order valence-corrected chi connectivity index (χ2v) is 7.53. The number of rotatable bonds is 5. The highest BCUT2D eigenvalue weighted by Gasteiger charge is 2.11. The fourth-order valence-electron chi connectivity index (χ4n) is 2.54. The van der Waals surface area contributed by atoms with Gasteiger partial charge in [0.1, 0.15) is 0 Å². The number of aromatic amines is 1. The fraction of sp³-hybridized carbons (Fsp3) is 0.0556. The van der Waals surface area contributed by atoms with Crippen molar-refractivity contribution >= 4 is 39.8 Å². The number of nitrogens with zero attached hydrogens (tertiary/aromatic N) is 3. The molecular formula is C18H12N4O2S2. The molecule has 0 atom stereocenters. The van der Waals surface area contributed by atoms with E-state index in [0.717, 1.165) is 27.1 Å². The second kappa shape index (κ2) is 7.19. The van der Waals surface area contributed by atoms with Crippen molar-refractivity contribution in [1.82, 2.24) is 15.2 Å². The van der Waals surface area contributed by atoms with Crippen molar-refractivity contribution < 1.29 is 4.79 Å². The summed E-state index contributed by atoms with van der Waals surface area (Å²) in [5.41, 5.74) is 1.15. The molecule has 0 fully saturated rings. The minimum atomic E-state index is -0.720. The lowest BCUT2D eigenvalue weighted by Gasteiger charge is -2.01. The molecule has 8 heteroatoms. The van der Waals surface area contributed by atoms with Crippen LogP contribution >= 0.6 is 23.1 Å². The molecule has 2 aromatic heterocycles. The molecule has 2 heterocycles. The zero-order valence-corrected chi connectivity index (χ0v) is 15.0. The van der Waals surface area contributed by atoms with Crippen LogP contribution in [-0.2, 0) is 4.79 Å². The van der Waals surface area contributed by atoms with Gasteiger partial charge in [0.05, 0.1) is 10.6 Å². The van der Waals surface area contributed by atoms with E-state index in [4.69, 9.17) is 0 Å². The Balaban J connectivity index is 1.56. The maximum atomic E-state index is 11.0. The van der Waals surface area contributed by atoms with Gasteiger partial charge in [-0.2, -0.15) is 0 Å². The third-order valence-corrected chi connectivity index (χ3v) is 5.76. The highest BCUT2D eigenvalue weighted by Crippen LogP contribution is 2.34. The summed E-state index contributed by atoms with van der Waals surface area (Å²) in [5, 5.41) is 13.4. The standard InChI is InChI=1S/C18H12N4O2S2/c23-16(22-24)10-25-18-19-17(20-21-18)15-8-7-14(26-15)13-6-5-11-3-1-2-4-12(11)9-13/h1-9H,10H2,(H,19,20,21). The second-order valence-electron chi connectivity index (χ2n) is 5.48. The molecule has 6 nitrogen and oxygen atoms in total. The molecule has 26 heavy (non-hydrogen) atoms. The van der Waals surface area contributed by atoms with Gasteiger partial charge in [-0.1, -0.05) is 48.2 Å². The van der Waals surface area contributed by atoms with E-state index in [0.29, 0.717) is 11.0 Å². The molecule has 0 aliphatic rings. The van der Waals surface area contributed by atoms with E-state index in [9.17, 15) is 9.70 Å². The Morgan fingerprint density at radius 2 is 1.85 bits per heavy atom. The number of hydrogen-bond donors (Lipinski definition) is 1. The van der Waals surface area contributed by atoms with E-state index >= 15 is 0 Å². The van der Waals surface area contributed by atoms with Gasteiger partial charge in [0.15, 0.2) is 11.0 Å². The average molecular weight is 380 g/mol. The van der Waals surface area contributed by atoms with Crippen molar-refractivity contribution in [3.63, 3.8) is 0 Å². The summed E-state index contributed by atoms with van der Waals surface area (Å²) >= 11 is 2.72. The Bertz CT molecular complexity index is 1100. The first-order valence-electron chi connectivity index (χ1n) is 7.74. The smallest absolute Gasteiger partial charge is 0.296 e. The molecule has 0 saturated carbocycles. The number of nitroso groups, excluding NO2 is 1. The number of aromatic nitrogens is 3. The van der Waals surface area contributed by atoms with Crippen LogP contribution in [0.1, 0.15) is 0 Å². The van der Waals surface area contributed by atoms with Crippen LogP contribution in [0.4, 0.5) is 0 Å². The SMILES string of the molecule is O=NC(=O)CSc1nnc(-c2ccc(-c3ccc4ccccc4c3)s2)[nH]1. The van der Waals surface area contributed by atoms with Gasteiger partial charge < -0.3 is 4.98 Å². The maximum absolute atomic E-state index is 11.0. The number of amides is 1. The molecule has 1 N–H and O–H groups in total. The normalized spacial score (nSPS) is 10.9. The van der Waals surface area contributed by atoms with Crippen LogP contribution < -0.4 is 0 Å². The highest BCUT2D eigenvalue weighted by atomic mass is 32.2. The van der Waals surface area contributed by atoms with Gasteiger partial charge in [0.25, 0.3) is 5.91 Å². The number of benzene rings is 2. The fourth-order valence-corrected chi connectivity index (χ4v) is 4.06. The molecule has 1 amide bonds. The maximum Gasteiger partial charge on any atom is 0.296 e. The molecule has 128 valence electrons. The zero-order valence-electron chi connectivity index (χ0n) is 13.4. The van der Waals surface area contributed by atoms with Crippen molar-refractivity contribution in [2.75, 3.05) is 5.75 Å². The molecule has 0 radical (unpaired) electrons. The molecule has 0 aliphatic heterocycles. The monoisotopic (exact) mass is 380 g/mol. The van der Waals surface area contributed by atoms with Crippen LogP contribution in [0.5, 0.6) is 0 Å². The van der Waals surface area contributed by atoms with Crippen molar-refractivity contribution in [3.8, 4) is 21.1 Å². The third-order valence-electron chi connectivity index (χ3n) is 3.77. The Hall–Kier alpha value is -2.84. The lowest BCUT2D eigenvalue weighted by molar-refractivity contribution is -0.115. The first-order valence-corrected chi connectivity index (χ1v) is 9.54. The van der Waals surface area contributed by atoms with Crippen LogP contribution in [0, 0.1) is 4.91 Å². The molecular weight excluding hydrogens is 368 g/mol. The Morgan fingerprint density at radius 3 is 2.69 bits per heavy atom. The van der Waals surface area contributed by atoms with Gasteiger partial charge in [-0.15, -0.1) is 26.4 Å². The van der Waals surface area contributed by atoms with Gasteiger partial charge in [-0.25, -0.2) is 0 Å². The zero-order chi connectivity index (χ0) is 17.9. The van der Waals surface area contributed by atoms with Gasteiger partial charge in [0.2, 0.25) is 0 Å². The lowest BCUT2D eigenvalue weighted by Crippen LogP contribution is -1.95. The van der Waals surface area contributed by atoms with Crippen LogP contribution in [0.25, 0.3) is 31.9 Å². The van der Waals surface area contributed by atoms with Crippen LogP contribution in [-0.4, -0.2) is 26.8 Å². The topological polar surface area (TPSA) is 88.1 Å². The molecule has 0 spiro atoms. The summed E-state index contributed by atoms with van der Waals surface area (Å²) < 4.78 is 0. The minimum Gasteiger partial charge on any atom is -0.315 e. The van der Waals surface area contributed by atoms with Gasteiger partial charge in [-0.05, 0) is 34.5 Å². The lowest BCUT2D eigenvalue weighted by atomic mass is 10.1. The average Bonchev–Trinajstić information content (AvgIpc) is 3.35.